The van der Waals surface area contributed by atoms with Crippen LogP contribution in [0.25, 0.3) is 22.4 Å². The first-order chi connectivity index (χ1) is 10.6. The van der Waals surface area contributed by atoms with Crippen LogP contribution >= 0.6 is 0 Å². The van der Waals surface area contributed by atoms with Crippen molar-refractivity contribution in [1.29, 1.82) is 0 Å². The molecule has 3 heteroatoms. The molecule has 3 aromatic carbocycles. The fourth-order valence-corrected chi connectivity index (χ4v) is 2.40. The summed E-state index contributed by atoms with van der Waals surface area (Å²) in [6.45, 7) is 0. The molecule has 0 unspecified atom stereocenters. The Balaban J connectivity index is 2.08. The summed E-state index contributed by atoms with van der Waals surface area (Å²) < 4.78 is 0. The highest BCUT2D eigenvalue weighted by Gasteiger charge is 2.08. The molecule has 0 spiro atoms. The van der Waals surface area contributed by atoms with Crippen molar-refractivity contribution >= 4 is 28.3 Å². The molecule has 0 aliphatic rings. The number of primary amides is 1. The molecule has 22 heavy (non-hydrogen) atoms. The average molecular weight is 289 g/mol. The summed E-state index contributed by atoms with van der Waals surface area (Å²) in [6, 6.07) is 20.4. The lowest BCUT2D eigenvalue weighted by Crippen LogP contribution is -2.12. The monoisotopic (exact) mass is 289 g/mol. The van der Waals surface area contributed by atoms with Crippen LogP contribution in [-0.4, -0.2) is 11.0 Å². The summed E-state index contributed by atoms with van der Waals surface area (Å²) in [7, 11) is 0. The molecule has 0 bridgehead atoms. The minimum atomic E-state index is -0.501. The van der Waals surface area contributed by atoms with Crippen LogP contribution in [0.2, 0.25) is 0 Å². The number of phenols is 1. The van der Waals surface area contributed by atoms with Crippen LogP contribution in [0, 0.1) is 0 Å². The van der Waals surface area contributed by atoms with Crippen LogP contribution in [-0.2, 0) is 4.79 Å². The van der Waals surface area contributed by atoms with Crippen LogP contribution in [0.4, 0.5) is 0 Å². The van der Waals surface area contributed by atoms with E-state index in [0.29, 0.717) is 11.1 Å². The second-order valence-corrected chi connectivity index (χ2v) is 5.08. The number of rotatable bonds is 3. The van der Waals surface area contributed by atoms with Crippen LogP contribution in [0.1, 0.15) is 11.1 Å². The highest BCUT2D eigenvalue weighted by molar-refractivity contribution is 6.23. The van der Waals surface area contributed by atoms with Gasteiger partial charge in [0.25, 0.3) is 0 Å². The molecule has 0 radical (unpaired) electrons. The van der Waals surface area contributed by atoms with Gasteiger partial charge in [0.1, 0.15) is 5.75 Å². The molecule has 3 aromatic rings. The van der Waals surface area contributed by atoms with Gasteiger partial charge in [0.15, 0.2) is 0 Å². The van der Waals surface area contributed by atoms with E-state index in [1.165, 1.54) is 12.1 Å². The fourth-order valence-electron chi connectivity index (χ4n) is 2.40. The SMILES string of the molecule is NC(=O)C(=Cc1ccc2ccccc2c1)c1ccc(O)cc1. The molecule has 0 aliphatic carbocycles. The Morgan fingerprint density at radius 2 is 1.59 bits per heavy atom. The topological polar surface area (TPSA) is 63.3 Å². The van der Waals surface area contributed by atoms with Crippen molar-refractivity contribution in [2.24, 2.45) is 5.73 Å². The van der Waals surface area contributed by atoms with Gasteiger partial charge in [0.2, 0.25) is 5.91 Å². The van der Waals surface area contributed by atoms with Crippen molar-refractivity contribution in [3.63, 3.8) is 0 Å². The van der Waals surface area contributed by atoms with E-state index >= 15 is 0 Å². The van der Waals surface area contributed by atoms with Crippen molar-refractivity contribution in [1.82, 2.24) is 0 Å². The maximum absolute atomic E-state index is 11.7. The van der Waals surface area contributed by atoms with Crippen molar-refractivity contribution in [2.45, 2.75) is 0 Å². The molecule has 0 aromatic heterocycles. The molecule has 0 fully saturated rings. The Bertz CT molecular complexity index is 864. The number of carbonyl (C=O) groups is 1. The summed E-state index contributed by atoms with van der Waals surface area (Å²) in [5.41, 5.74) is 7.49. The highest BCUT2D eigenvalue weighted by Crippen LogP contribution is 2.23. The van der Waals surface area contributed by atoms with E-state index in [1.54, 1.807) is 18.2 Å². The van der Waals surface area contributed by atoms with E-state index in [0.717, 1.165) is 16.3 Å². The predicted octanol–water partition coefficient (Wildman–Crippen LogP) is 3.57. The van der Waals surface area contributed by atoms with E-state index in [-0.39, 0.29) is 5.75 Å². The van der Waals surface area contributed by atoms with E-state index in [1.807, 2.05) is 42.5 Å². The Morgan fingerprint density at radius 1 is 0.909 bits per heavy atom. The molecular formula is C19H15NO2. The second kappa shape index (κ2) is 5.74. The summed E-state index contributed by atoms with van der Waals surface area (Å²) in [6.07, 6.45) is 1.77. The van der Waals surface area contributed by atoms with Crippen LogP contribution in [0.3, 0.4) is 0 Å². The molecule has 3 nitrogen and oxygen atoms in total. The number of amides is 1. The number of fused-ring (bicyclic) bond motifs is 1. The van der Waals surface area contributed by atoms with E-state index < -0.39 is 5.91 Å². The summed E-state index contributed by atoms with van der Waals surface area (Å²) in [5.74, 6) is -0.350. The number of carbonyl (C=O) groups excluding carboxylic acids is 1. The van der Waals surface area contributed by atoms with Crippen molar-refractivity contribution < 1.29 is 9.90 Å². The van der Waals surface area contributed by atoms with Crippen molar-refractivity contribution in [2.75, 3.05) is 0 Å². The van der Waals surface area contributed by atoms with Crippen LogP contribution in [0.5, 0.6) is 5.75 Å². The second-order valence-electron chi connectivity index (χ2n) is 5.08. The van der Waals surface area contributed by atoms with Gasteiger partial charge in [-0.25, -0.2) is 0 Å². The summed E-state index contributed by atoms with van der Waals surface area (Å²) in [4.78, 5) is 11.7. The van der Waals surface area contributed by atoms with Crippen LogP contribution < -0.4 is 5.73 Å². The zero-order chi connectivity index (χ0) is 15.5. The van der Waals surface area contributed by atoms with Crippen molar-refractivity contribution in [3.8, 4) is 5.75 Å². The summed E-state index contributed by atoms with van der Waals surface area (Å²) >= 11 is 0. The third kappa shape index (κ3) is 2.83. The van der Waals surface area contributed by atoms with Gasteiger partial charge in [-0.05, 0) is 46.2 Å². The molecule has 3 rings (SSSR count). The van der Waals surface area contributed by atoms with Gasteiger partial charge in [-0.3, -0.25) is 4.79 Å². The minimum absolute atomic E-state index is 0.151. The maximum Gasteiger partial charge on any atom is 0.249 e. The third-order valence-electron chi connectivity index (χ3n) is 3.53. The molecule has 0 heterocycles. The van der Waals surface area contributed by atoms with E-state index in [2.05, 4.69) is 0 Å². The molecular weight excluding hydrogens is 274 g/mol. The number of benzene rings is 3. The van der Waals surface area contributed by atoms with Crippen LogP contribution in [0.15, 0.2) is 66.7 Å². The first-order valence-electron chi connectivity index (χ1n) is 6.93. The van der Waals surface area contributed by atoms with Gasteiger partial charge < -0.3 is 10.8 Å². The Morgan fingerprint density at radius 3 is 2.27 bits per heavy atom. The van der Waals surface area contributed by atoms with E-state index in [4.69, 9.17) is 5.73 Å². The lowest BCUT2D eigenvalue weighted by Gasteiger charge is -2.05. The zero-order valence-electron chi connectivity index (χ0n) is 11.9. The fraction of sp³-hybridized carbons (Fsp3) is 0. The quantitative estimate of drug-likeness (QED) is 0.572. The van der Waals surface area contributed by atoms with Gasteiger partial charge in [-0.15, -0.1) is 0 Å². The van der Waals surface area contributed by atoms with Gasteiger partial charge in [-0.1, -0.05) is 48.5 Å². The Hall–Kier alpha value is -3.07. The molecule has 3 N–H and O–H groups in total. The van der Waals surface area contributed by atoms with Gasteiger partial charge >= 0.3 is 0 Å². The number of aromatic hydroxyl groups is 1. The molecule has 1 amide bonds. The zero-order valence-corrected chi connectivity index (χ0v) is 11.9. The van der Waals surface area contributed by atoms with Gasteiger partial charge in [0, 0.05) is 5.57 Å². The molecule has 0 atom stereocenters. The lowest BCUT2D eigenvalue weighted by atomic mass is 10.0. The lowest BCUT2D eigenvalue weighted by molar-refractivity contribution is -0.112. The molecule has 0 saturated heterocycles. The van der Waals surface area contributed by atoms with Crippen molar-refractivity contribution in [3.05, 3.63) is 77.9 Å². The molecule has 0 aliphatic heterocycles. The highest BCUT2D eigenvalue weighted by atomic mass is 16.3. The predicted molar refractivity (Wildman–Crippen MR) is 89.1 cm³/mol. The summed E-state index contributed by atoms with van der Waals surface area (Å²) in [5, 5.41) is 11.6. The normalized spacial score (nSPS) is 11.5. The number of hydrogen-bond acceptors (Lipinski definition) is 2. The minimum Gasteiger partial charge on any atom is -0.508 e. The average Bonchev–Trinajstić information content (AvgIpc) is 2.53. The Kier molecular flexibility index (Phi) is 3.62. The van der Waals surface area contributed by atoms with E-state index in [9.17, 15) is 9.90 Å². The maximum atomic E-state index is 11.7. The Labute approximate surface area is 128 Å². The number of hydrogen-bond donors (Lipinski definition) is 2. The third-order valence-corrected chi connectivity index (χ3v) is 3.53. The molecule has 0 saturated carbocycles. The first kappa shape index (κ1) is 13.9. The van der Waals surface area contributed by atoms with Gasteiger partial charge in [0.05, 0.1) is 0 Å². The first-order valence-corrected chi connectivity index (χ1v) is 6.93. The largest absolute Gasteiger partial charge is 0.508 e. The standard InChI is InChI=1S/C19H15NO2/c20-19(22)18(15-7-9-17(21)10-8-15)12-13-5-6-14-3-1-2-4-16(14)11-13/h1-12,21H,(H2,20,22). The number of nitrogens with two attached hydrogens (primary N) is 1. The van der Waals surface area contributed by atoms with Gasteiger partial charge in [-0.2, -0.15) is 0 Å². The number of phenolic OH excluding ortho intramolecular Hbond substituents is 1. The smallest absolute Gasteiger partial charge is 0.249 e. The molecule has 108 valence electrons.